The van der Waals surface area contributed by atoms with Gasteiger partial charge in [-0.2, -0.15) is 5.10 Å². The molecule has 0 aliphatic carbocycles. The van der Waals surface area contributed by atoms with E-state index in [2.05, 4.69) is 5.10 Å². The van der Waals surface area contributed by atoms with Gasteiger partial charge < -0.3 is 0 Å². The van der Waals surface area contributed by atoms with E-state index in [1.165, 1.54) is 16.9 Å². The molecule has 0 aliphatic heterocycles. The Hall–Kier alpha value is -1.68. The molecule has 0 radical (unpaired) electrons. The normalized spacial score (nSPS) is 10.4. The lowest BCUT2D eigenvalue weighted by Crippen LogP contribution is -2.02. The van der Waals surface area contributed by atoms with Crippen molar-refractivity contribution in [2.24, 2.45) is 0 Å². The molecule has 0 amide bonds. The summed E-state index contributed by atoms with van der Waals surface area (Å²) in [6.07, 6.45) is 3.67. The van der Waals surface area contributed by atoms with E-state index in [9.17, 15) is 9.18 Å². The number of hydrogen-bond acceptors (Lipinski definition) is 2. The van der Waals surface area contributed by atoms with E-state index in [-0.39, 0.29) is 11.6 Å². The van der Waals surface area contributed by atoms with Gasteiger partial charge in [0.05, 0.1) is 23.3 Å². The van der Waals surface area contributed by atoms with Crippen molar-refractivity contribution in [3.63, 3.8) is 0 Å². The summed E-state index contributed by atoms with van der Waals surface area (Å²) in [5.41, 5.74) is 0.899. The first kappa shape index (κ1) is 10.8. The van der Waals surface area contributed by atoms with Gasteiger partial charge >= 0.3 is 0 Å². The van der Waals surface area contributed by atoms with Gasteiger partial charge in [0.2, 0.25) is 0 Å². The second kappa shape index (κ2) is 4.45. The molecule has 1 aromatic heterocycles. The van der Waals surface area contributed by atoms with Gasteiger partial charge in [-0.3, -0.25) is 9.48 Å². The number of aldehydes is 1. The smallest absolute Gasteiger partial charge is 0.153 e. The van der Waals surface area contributed by atoms with Crippen LogP contribution in [-0.2, 0) is 6.54 Å². The minimum Gasteiger partial charge on any atom is -0.298 e. The summed E-state index contributed by atoms with van der Waals surface area (Å²) in [4.78, 5) is 10.4. The molecule has 0 aliphatic rings. The van der Waals surface area contributed by atoms with E-state index in [0.717, 1.165) is 0 Å². The molecule has 0 spiro atoms. The minimum absolute atomic E-state index is 0.0836. The van der Waals surface area contributed by atoms with E-state index in [4.69, 9.17) is 11.6 Å². The van der Waals surface area contributed by atoms with Gasteiger partial charge in [0.1, 0.15) is 5.82 Å². The molecule has 1 aromatic carbocycles. The number of aromatic nitrogens is 2. The lowest BCUT2D eigenvalue weighted by atomic mass is 10.2. The number of rotatable bonds is 3. The molecule has 0 unspecified atom stereocenters. The van der Waals surface area contributed by atoms with Crippen LogP contribution in [0.15, 0.2) is 30.6 Å². The first-order chi connectivity index (χ1) is 7.70. The highest BCUT2D eigenvalue weighted by Crippen LogP contribution is 2.18. The molecule has 82 valence electrons. The van der Waals surface area contributed by atoms with Crippen molar-refractivity contribution in [3.05, 3.63) is 52.6 Å². The molecule has 0 N–H and O–H groups in total. The maximum absolute atomic E-state index is 13.5. The Morgan fingerprint density at radius 2 is 2.31 bits per heavy atom. The van der Waals surface area contributed by atoms with Gasteiger partial charge in [-0.05, 0) is 6.07 Å². The van der Waals surface area contributed by atoms with Crippen molar-refractivity contribution < 1.29 is 9.18 Å². The number of halogens is 2. The van der Waals surface area contributed by atoms with E-state index in [1.54, 1.807) is 18.3 Å². The predicted molar refractivity (Wildman–Crippen MR) is 58.1 cm³/mol. The number of hydrogen-bond donors (Lipinski definition) is 0. The number of carbonyl (C=O) groups excluding carboxylic acids is 1. The van der Waals surface area contributed by atoms with Crippen LogP contribution >= 0.6 is 11.6 Å². The molecule has 0 bridgehead atoms. The maximum Gasteiger partial charge on any atom is 0.153 e. The molecule has 5 heteroatoms. The number of benzene rings is 1. The molecule has 0 atom stereocenters. The molecule has 3 nitrogen and oxygen atoms in total. The second-order valence-electron chi connectivity index (χ2n) is 3.30. The van der Waals surface area contributed by atoms with Crippen molar-refractivity contribution in [3.8, 4) is 0 Å². The van der Waals surface area contributed by atoms with Crippen molar-refractivity contribution in [1.82, 2.24) is 9.78 Å². The van der Waals surface area contributed by atoms with Crippen LogP contribution in [0.5, 0.6) is 0 Å². The molecular weight excluding hydrogens is 231 g/mol. The van der Waals surface area contributed by atoms with E-state index >= 15 is 0 Å². The van der Waals surface area contributed by atoms with E-state index < -0.39 is 5.82 Å². The van der Waals surface area contributed by atoms with Crippen molar-refractivity contribution in [1.29, 1.82) is 0 Å². The largest absolute Gasteiger partial charge is 0.298 e. The average Bonchev–Trinajstić information content (AvgIpc) is 2.73. The SMILES string of the molecule is O=Cc1cnn(Cc2cccc(Cl)c2F)c1. The van der Waals surface area contributed by atoms with E-state index in [1.807, 2.05) is 0 Å². The summed E-state index contributed by atoms with van der Waals surface area (Å²) < 4.78 is 15.0. The van der Waals surface area contributed by atoms with Crippen LogP contribution in [0.3, 0.4) is 0 Å². The van der Waals surface area contributed by atoms with Gasteiger partial charge in [0, 0.05) is 11.8 Å². The molecule has 0 saturated heterocycles. The first-order valence-electron chi connectivity index (χ1n) is 4.61. The van der Waals surface area contributed by atoms with Crippen LogP contribution < -0.4 is 0 Å². The highest BCUT2D eigenvalue weighted by Gasteiger charge is 2.07. The Kier molecular flexibility index (Phi) is 3.01. The third kappa shape index (κ3) is 2.12. The lowest BCUT2D eigenvalue weighted by Gasteiger charge is -2.04. The Balaban J connectivity index is 2.26. The summed E-state index contributed by atoms with van der Waals surface area (Å²) in [6, 6.07) is 4.79. The van der Waals surface area contributed by atoms with Crippen LogP contribution in [0.25, 0.3) is 0 Å². The lowest BCUT2D eigenvalue weighted by molar-refractivity contribution is 0.112. The van der Waals surface area contributed by atoms with Gasteiger partial charge in [0.15, 0.2) is 6.29 Å². The third-order valence-corrected chi connectivity index (χ3v) is 2.45. The molecule has 0 saturated carbocycles. The quantitative estimate of drug-likeness (QED) is 0.771. The fourth-order valence-corrected chi connectivity index (χ4v) is 1.57. The highest BCUT2D eigenvalue weighted by atomic mass is 35.5. The summed E-state index contributed by atoms with van der Waals surface area (Å²) in [6.45, 7) is 0.250. The maximum atomic E-state index is 13.5. The van der Waals surface area contributed by atoms with Crippen molar-refractivity contribution >= 4 is 17.9 Å². The second-order valence-corrected chi connectivity index (χ2v) is 3.71. The average molecular weight is 239 g/mol. The molecule has 2 aromatic rings. The Morgan fingerprint density at radius 1 is 1.50 bits per heavy atom. The molecule has 2 rings (SSSR count). The standard InChI is InChI=1S/C11H8ClFN2O/c12-10-3-1-2-9(11(10)13)6-15-5-8(7-16)4-14-15/h1-5,7H,6H2. The van der Waals surface area contributed by atoms with Crippen molar-refractivity contribution in [2.75, 3.05) is 0 Å². The summed E-state index contributed by atoms with van der Waals surface area (Å²) >= 11 is 5.65. The number of nitrogens with zero attached hydrogens (tertiary/aromatic N) is 2. The van der Waals surface area contributed by atoms with Crippen LogP contribution in [0.4, 0.5) is 4.39 Å². The zero-order valence-corrected chi connectivity index (χ0v) is 8.99. The van der Waals surface area contributed by atoms with Crippen LogP contribution in [-0.4, -0.2) is 16.1 Å². The third-order valence-electron chi connectivity index (χ3n) is 2.15. The fraction of sp³-hybridized carbons (Fsp3) is 0.0909. The van der Waals surface area contributed by atoms with Crippen LogP contribution in [0.2, 0.25) is 5.02 Å². The first-order valence-corrected chi connectivity index (χ1v) is 4.99. The highest BCUT2D eigenvalue weighted by molar-refractivity contribution is 6.30. The van der Waals surface area contributed by atoms with Crippen LogP contribution in [0, 0.1) is 5.82 Å². The monoisotopic (exact) mass is 238 g/mol. The molecular formula is C11H8ClFN2O. The zero-order chi connectivity index (χ0) is 11.5. The van der Waals surface area contributed by atoms with Gasteiger partial charge in [-0.25, -0.2) is 4.39 Å². The zero-order valence-electron chi connectivity index (χ0n) is 8.23. The molecule has 1 heterocycles. The van der Waals surface area contributed by atoms with Gasteiger partial charge in [0.25, 0.3) is 0 Å². The summed E-state index contributed by atoms with van der Waals surface area (Å²) in [7, 11) is 0. The summed E-state index contributed by atoms with van der Waals surface area (Å²) in [5.74, 6) is -0.452. The van der Waals surface area contributed by atoms with Crippen LogP contribution in [0.1, 0.15) is 15.9 Å². The Labute approximate surface area is 96.5 Å². The summed E-state index contributed by atoms with van der Waals surface area (Å²) in [5, 5.41) is 4.01. The number of carbonyl (C=O) groups is 1. The topological polar surface area (TPSA) is 34.9 Å². The van der Waals surface area contributed by atoms with Gasteiger partial charge in [-0.1, -0.05) is 23.7 Å². The Bertz CT molecular complexity index is 524. The fourth-order valence-electron chi connectivity index (χ4n) is 1.37. The molecule has 0 fully saturated rings. The van der Waals surface area contributed by atoms with Gasteiger partial charge in [-0.15, -0.1) is 0 Å². The minimum atomic E-state index is -0.452. The van der Waals surface area contributed by atoms with E-state index in [0.29, 0.717) is 17.4 Å². The Morgan fingerprint density at radius 3 is 3.00 bits per heavy atom. The van der Waals surface area contributed by atoms with Crippen molar-refractivity contribution in [2.45, 2.75) is 6.54 Å². The molecule has 16 heavy (non-hydrogen) atoms. The predicted octanol–water partition coefficient (Wildman–Crippen LogP) is 2.54.